The van der Waals surface area contributed by atoms with Crippen LogP contribution in [0.3, 0.4) is 0 Å². The summed E-state index contributed by atoms with van der Waals surface area (Å²) in [5.41, 5.74) is 3.51. The van der Waals surface area contributed by atoms with Crippen molar-refractivity contribution in [3.63, 3.8) is 0 Å². The van der Waals surface area contributed by atoms with Gasteiger partial charge in [0.15, 0.2) is 0 Å². The summed E-state index contributed by atoms with van der Waals surface area (Å²) in [7, 11) is 0. The molecule has 96 valence electrons. The topological polar surface area (TPSA) is 37.3 Å². The van der Waals surface area contributed by atoms with Crippen LogP contribution in [0.25, 0.3) is 5.57 Å². The van der Waals surface area contributed by atoms with Gasteiger partial charge in [0.25, 0.3) is 0 Å². The van der Waals surface area contributed by atoms with E-state index in [1.165, 1.54) is 0 Å². The Kier molecular flexibility index (Phi) is 3.81. The first kappa shape index (κ1) is 13.1. The highest BCUT2D eigenvalue weighted by molar-refractivity contribution is 5.87. The number of allylic oxidation sites excluding steroid dienone is 1. The molecule has 0 bridgehead atoms. The Balaban J connectivity index is 2.22. The summed E-state index contributed by atoms with van der Waals surface area (Å²) < 4.78 is 0. The fourth-order valence-corrected chi connectivity index (χ4v) is 2.02. The lowest BCUT2D eigenvalue weighted by atomic mass is 9.89. The van der Waals surface area contributed by atoms with Gasteiger partial charge in [-0.1, -0.05) is 56.0 Å². The lowest BCUT2D eigenvalue weighted by molar-refractivity contribution is 0.0697. The number of aromatic carboxylic acids is 1. The van der Waals surface area contributed by atoms with E-state index in [1.54, 1.807) is 12.1 Å². The Labute approximate surface area is 113 Å². The zero-order valence-electron chi connectivity index (χ0n) is 10.8. The summed E-state index contributed by atoms with van der Waals surface area (Å²) in [5.74, 6) is -0.744. The van der Waals surface area contributed by atoms with E-state index in [2.05, 4.69) is 13.5 Å². The summed E-state index contributed by atoms with van der Waals surface area (Å²) in [6.07, 6.45) is 0. The van der Waals surface area contributed by atoms with Gasteiger partial charge in [0.1, 0.15) is 0 Å². The van der Waals surface area contributed by atoms with Crippen LogP contribution in [-0.4, -0.2) is 11.1 Å². The maximum absolute atomic E-state index is 10.8. The lowest BCUT2D eigenvalue weighted by Crippen LogP contribution is -1.99. The molecule has 0 radical (unpaired) electrons. The lowest BCUT2D eigenvalue weighted by Gasteiger charge is -2.15. The fourth-order valence-electron chi connectivity index (χ4n) is 2.02. The Hall–Kier alpha value is -2.35. The molecule has 0 fully saturated rings. The van der Waals surface area contributed by atoms with E-state index in [-0.39, 0.29) is 5.92 Å². The number of carbonyl (C=O) groups is 1. The number of hydrogen-bond acceptors (Lipinski definition) is 1. The van der Waals surface area contributed by atoms with Crippen molar-refractivity contribution in [2.45, 2.75) is 12.8 Å². The number of rotatable bonds is 4. The van der Waals surface area contributed by atoms with Gasteiger partial charge in [-0.05, 0) is 28.8 Å². The molecule has 1 unspecified atom stereocenters. The first-order chi connectivity index (χ1) is 9.09. The van der Waals surface area contributed by atoms with Gasteiger partial charge in [-0.25, -0.2) is 4.79 Å². The van der Waals surface area contributed by atoms with Crippen LogP contribution >= 0.6 is 0 Å². The van der Waals surface area contributed by atoms with Crippen LogP contribution in [0.1, 0.15) is 34.3 Å². The van der Waals surface area contributed by atoms with Crippen molar-refractivity contribution >= 4 is 11.5 Å². The van der Waals surface area contributed by atoms with E-state index in [0.717, 1.165) is 16.7 Å². The maximum atomic E-state index is 10.8. The van der Waals surface area contributed by atoms with E-state index in [4.69, 9.17) is 5.11 Å². The number of hydrogen-bond donors (Lipinski definition) is 1. The largest absolute Gasteiger partial charge is 0.478 e. The van der Waals surface area contributed by atoms with Gasteiger partial charge >= 0.3 is 5.97 Å². The average molecular weight is 252 g/mol. The van der Waals surface area contributed by atoms with Gasteiger partial charge in [0.05, 0.1) is 5.56 Å². The third-order valence-electron chi connectivity index (χ3n) is 3.32. The van der Waals surface area contributed by atoms with Crippen LogP contribution < -0.4 is 0 Å². The predicted octanol–water partition coefficient (Wildman–Crippen LogP) is 4.20. The minimum Gasteiger partial charge on any atom is -0.478 e. The Morgan fingerprint density at radius 2 is 1.58 bits per heavy atom. The van der Waals surface area contributed by atoms with Crippen LogP contribution in [0, 0.1) is 0 Å². The molecule has 0 aliphatic rings. The van der Waals surface area contributed by atoms with Gasteiger partial charge in [0.2, 0.25) is 0 Å². The molecule has 0 spiro atoms. The van der Waals surface area contributed by atoms with Crippen molar-refractivity contribution < 1.29 is 9.90 Å². The molecular formula is C17H16O2. The monoisotopic (exact) mass is 252 g/mol. The highest BCUT2D eigenvalue weighted by Gasteiger charge is 2.12. The molecule has 0 saturated carbocycles. The Morgan fingerprint density at radius 3 is 2.11 bits per heavy atom. The molecule has 0 heterocycles. The normalized spacial score (nSPS) is 11.8. The first-order valence-electron chi connectivity index (χ1n) is 6.17. The van der Waals surface area contributed by atoms with Crippen molar-refractivity contribution in [3.8, 4) is 0 Å². The molecule has 0 aliphatic carbocycles. The highest BCUT2D eigenvalue weighted by atomic mass is 16.4. The van der Waals surface area contributed by atoms with Crippen LogP contribution in [0.4, 0.5) is 0 Å². The van der Waals surface area contributed by atoms with E-state index < -0.39 is 5.97 Å². The van der Waals surface area contributed by atoms with Gasteiger partial charge in [-0.2, -0.15) is 0 Å². The molecule has 0 aromatic heterocycles. The van der Waals surface area contributed by atoms with Crippen molar-refractivity contribution in [2.24, 2.45) is 0 Å². The second-order valence-corrected chi connectivity index (χ2v) is 4.54. The summed E-state index contributed by atoms with van der Waals surface area (Å²) in [4.78, 5) is 10.8. The average Bonchev–Trinajstić information content (AvgIpc) is 2.46. The smallest absolute Gasteiger partial charge is 0.335 e. The first-order valence-corrected chi connectivity index (χ1v) is 6.17. The molecule has 1 N–H and O–H groups in total. The molecule has 0 saturated heterocycles. The third kappa shape index (κ3) is 2.91. The van der Waals surface area contributed by atoms with Crippen molar-refractivity contribution in [3.05, 3.63) is 77.9 Å². The van der Waals surface area contributed by atoms with E-state index >= 15 is 0 Å². The van der Waals surface area contributed by atoms with Gasteiger partial charge in [-0.3, -0.25) is 0 Å². The molecular weight excluding hydrogens is 236 g/mol. The number of benzene rings is 2. The van der Waals surface area contributed by atoms with E-state index in [0.29, 0.717) is 5.56 Å². The molecule has 2 heteroatoms. The highest BCUT2D eigenvalue weighted by Crippen LogP contribution is 2.30. The standard InChI is InChI=1S/C17H16O2/c1-12(14-6-4-3-5-7-14)13(2)15-8-10-16(11-9-15)17(18)19/h3-11,13H,1H2,2H3,(H,18,19). The van der Waals surface area contributed by atoms with E-state index in [1.807, 2.05) is 42.5 Å². The molecule has 19 heavy (non-hydrogen) atoms. The zero-order chi connectivity index (χ0) is 13.8. The minimum atomic E-state index is -0.902. The number of carboxylic acid groups (broad SMARTS) is 1. The summed E-state index contributed by atoms with van der Waals surface area (Å²) in [6.45, 7) is 6.22. The minimum absolute atomic E-state index is 0.158. The Morgan fingerprint density at radius 1 is 1.00 bits per heavy atom. The van der Waals surface area contributed by atoms with Crippen molar-refractivity contribution in [1.29, 1.82) is 0 Å². The van der Waals surface area contributed by atoms with Gasteiger partial charge in [-0.15, -0.1) is 0 Å². The summed E-state index contributed by atoms with van der Waals surface area (Å²) in [5, 5.41) is 8.88. The molecule has 2 rings (SSSR count). The van der Waals surface area contributed by atoms with Gasteiger partial charge < -0.3 is 5.11 Å². The summed E-state index contributed by atoms with van der Waals surface area (Å²) in [6, 6.07) is 17.0. The quantitative estimate of drug-likeness (QED) is 0.885. The predicted molar refractivity (Wildman–Crippen MR) is 77.3 cm³/mol. The second kappa shape index (κ2) is 5.53. The third-order valence-corrected chi connectivity index (χ3v) is 3.32. The zero-order valence-corrected chi connectivity index (χ0v) is 10.8. The molecule has 2 aromatic rings. The van der Waals surface area contributed by atoms with Crippen LogP contribution in [-0.2, 0) is 0 Å². The molecule has 1 atom stereocenters. The molecule has 0 aliphatic heterocycles. The second-order valence-electron chi connectivity index (χ2n) is 4.54. The number of carboxylic acids is 1. The van der Waals surface area contributed by atoms with Crippen molar-refractivity contribution in [2.75, 3.05) is 0 Å². The van der Waals surface area contributed by atoms with Gasteiger partial charge in [0, 0.05) is 5.92 Å². The van der Waals surface area contributed by atoms with Crippen LogP contribution in [0.2, 0.25) is 0 Å². The van der Waals surface area contributed by atoms with Crippen LogP contribution in [0.15, 0.2) is 61.2 Å². The SMILES string of the molecule is C=C(c1ccccc1)C(C)c1ccc(C(=O)O)cc1. The molecule has 2 nitrogen and oxygen atoms in total. The Bertz CT molecular complexity index is 582. The van der Waals surface area contributed by atoms with E-state index in [9.17, 15) is 4.79 Å². The summed E-state index contributed by atoms with van der Waals surface area (Å²) >= 11 is 0. The molecule has 0 amide bonds. The maximum Gasteiger partial charge on any atom is 0.335 e. The van der Waals surface area contributed by atoms with Crippen molar-refractivity contribution in [1.82, 2.24) is 0 Å². The van der Waals surface area contributed by atoms with Crippen LogP contribution in [0.5, 0.6) is 0 Å². The molecule has 2 aromatic carbocycles. The fraction of sp³-hybridized carbons (Fsp3) is 0.118.